The van der Waals surface area contributed by atoms with E-state index in [2.05, 4.69) is 0 Å². The number of phenols is 2. The summed E-state index contributed by atoms with van der Waals surface area (Å²) >= 11 is 0. The van der Waals surface area contributed by atoms with E-state index in [0.717, 1.165) is 35.3 Å². The van der Waals surface area contributed by atoms with Crippen molar-refractivity contribution in [3.63, 3.8) is 0 Å². The summed E-state index contributed by atoms with van der Waals surface area (Å²) in [7, 11) is 0. The van der Waals surface area contributed by atoms with Gasteiger partial charge in [0.05, 0.1) is 0 Å². The highest BCUT2D eigenvalue weighted by atomic mass is 16.5. The second kappa shape index (κ2) is 3.19. The maximum atomic E-state index is 9.72. The summed E-state index contributed by atoms with van der Waals surface area (Å²) in [6.07, 6.45) is 1.77. The van der Waals surface area contributed by atoms with Crippen LogP contribution in [0, 0.1) is 0 Å². The molecule has 0 aromatic heterocycles. The Balaban J connectivity index is 2.10. The number of hydrogen-bond donors (Lipinski definition) is 2. The Labute approximate surface area is 104 Å². The summed E-state index contributed by atoms with van der Waals surface area (Å²) < 4.78 is 5.68. The van der Waals surface area contributed by atoms with Gasteiger partial charge in [-0.1, -0.05) is 0 Å². The van der Waals surface area contributed by atoms with Crippen LogP contribution in [0.15, 0.2) is 24.3 Å². The number of hydrogen-bond acceptors (Lipinski definition) is 3. The molecule has 2 aromatic carbocycles. The van der Waals surface area contributed by atoms with Crippen LogP contribution in [0.25, 0.3) is 11.1 Å². The Morgan fingerprint density at radius 1 is 0.778 bits per heavy atom. The van der Waals surface area contributed by atoms with E-state index in [0.29, 0.717) is 12.4 Å². The average molecular weight is 240 g/mol. The topological polar surface area (TPSA) is 49.7 Å². The molecule has 4 rings (SSSR count). The van der Waals surface area contributed by atoms with Gasteiger partial charge in [-0.15, -0.1) is 0 Å². The average Bonchev–Trinajstić information content (AvgIpc) is 2.34. The fourth-order valence-electron chi connectivity index (χ4n) is 3.06. The molecule has 3 heteroatoms. The van der Waals surface area contributed by atoms with Crippen molar-refractivity contribution >= 4 is 0 Å². The second-order valence-electron chi connectivity index (χ2n) is 4.91. The van der Waals surface area contributed by atoms with Gasteiger partial charge in [0.15, 0.2) is 0 Å². The Kier molecular flexibility index (Phi) is 1.74. The molecule has 1 aliphatic carbocycles. The number of aryl methyl sites for hydroxylation is 2. The Morgan fingerprint density at radius 2 is 1.39 bits per heavy atom. The molecule has 0 spiro atoms. The van der Waals surface area contributed by atoms with E-state index in [1.165, 1.54) is 11.1 Å². The van der Waals surface area contributed by atoms with Crippen LogP contribution in [0.1, 0.15) is 16.7 Å². The quantitative estimate of drug-likeness (QED) is 0.744. The highest BCUT2D eigenvalue weighted by Gasteiger charge is 2.27. The van der Waals surface area contributed by atoms with E-state index in [-0.39, 0.29) is 5.75 Å². The van der Waals surface area contributed by atoms with Crippen LogP contribution in [0.5, 0.6) is 17.2 Å². The summed E-state index contributed by atoms with van der Waals surface area (Å²) in [5, 5.41) is 19.4. The molecule has 2 aromatic rings. The van der Waals surface area contributed by atoms with Gasteiger partial charge in [0.1, 0.15) is 23.9 Å². The molecule has 0 fully saturated rings. The van der Waals surface area contributed by atoms with E-state index in [1.807, 2.05) is 12.1 Å². The smallest absolute Gasteiger partial charge is 0.131 e. The standard InChI is InChI=1S/C15H12O3/c16-11-3-8-1-2-9-4-12(17)6-13-15(9)14(8)10(5-11)7-18-13/h3-6,16-17H,1-2,7H2. The van der Waals surface area contributed by atoms with Crippen LogP contribution in [0.4, 0.5) is 0 Å². The lowest BCUT2D eigenvalue weighted by Crippen LogP contribution is -2.14. The maximum Gasteiger partial charge on any atom is 0.131 e. The lowest BCUT2D eigenvalue weighted by molar-refractivity contribution is 0.298. The zero-order chi connectivity index (χ0) is 12.3. The Hall–Kier alpha value is -2.16. The first-order valence-electron chi connectivity index (χ1n) is 6.06. The lowest BCUT2D eigenvalue weighted by Gasteiger charge is -2.29. The van der Waals surface area contributed by atoms with Crippen molar-refractivity contribution in [2.45, 2.75) is 19.4 Å². The summed E-state index contributed by atoms with van der Waals surface area (Å²) in [6, 6.07) is 7.09. The molecule has 0 atom stereocenters. The lowest BCUT2D eigenvalue weighted by atomic mass is 9.81. The van der Waals surface area contributed by atoms with E-state index >= 15 is 0 Å². The SMILES string of the molecule is Oc1cc2c3c(c1)COc1cc(O)cc(c1-3)CC2. The van der Waals surface area contributed by atoms with Crippen LogP contribution in [-0.4, -0.2) is 10.2 Å². The zero-order valence-electron chi connectivity index (χ0n) is 9.73. The third-order valence-corrected chi connectivity index (χ3v) is 3.75. The molecular weight excluding hydrogens is 228 g/mol. The first-order chi connectivity index (χ1) is 8.72. The van der Waals surface area contributed by atoms with Gasteiger partial charge in [-0.2, -0.15) is 0 Å². The zero-order valence-corrected chi connectivity index (χ0v) is 9.73. The summed E-state index contributed by atoms with van der Waals surface area (Å²) in [5.74, 6) is 1.32. The first-order valence-corrected chi connectivity index (χ1v) is 6.06. The van der Waals surface area contributed by atoms with Crippen molar-refractivity contribution in [1.82, 2.24) is 0 Å². The fourth-order valence-corrected chi connectivity index (χ4v) is 3.06. The minimum atomic E-state index is 0.259. The highest BCUT2D eigenvalue weighted by molar-refractivity contribution is 5.83. The molecule has 0 amide bonds. The third-order valence-electron chi connectivity index (χ3n) is 3.75. The van der Waals surface area contributed by atoms with Gasteiger partial charge in [-0.05, 0) is 47.7 Å². The molecule has 3 nitrogen and oxygen atoms in total. The van der Waals surface area contributed by atoms with Gasteiger partial charge in [0.2, 0.25) is 0 Å². The summed E-state index contributed by atoms with van der Waals surface area (Å²) in [6.45, 7) is 0.451. The molecule has 0 saturated carbocycles. The normalized spacial score (nSPS) is 14.9. The van der Waals surface area contributed by atoms with Crippen molar-refractivity contribution in [3.05, 3.63) is 41.0 Å². The molecule has 1 aliphatic heterocycles. The van der Waals surface area contributed by atoms with E-state index in [4.69, 9.17) is 4.74 Å². The van der Waals surface area contributed by atoms with Crippen LogP contribution < -0.4 is 4.74 Å². The molecule has 0 radical (unpaired) electrons. The molecule has 2 aliphatic rings. The van der Waals surface area contributed by atoms with Gasteiger partial charge in [-0.3, -0.25) is 0 Å². The predicted octanol–water partition coefficient (Wildman–Crippen LogP) is 2.76. The van der Waals surface area contributed by atoms with Gasteiger partial charge < -0.3 is 14.9 Å². The van der Waals surface area contributed by atoms with Crippen molar-refractivity contribution in [2.24, 2.45) is 0 Å². The van der Waals surface area contributed by atoms with Gasteiger partial charge in [0, 0.05) is 17.2 Å². The van der Waals surface area contributed by atoms with Crippen molar-refractivity contribution in [2.75, 3.05) is 0 Å². The monoisotopic (exact) mass is 240 g/mol. The van der Waals surface area contributed by atoms with Gasteiger partial charge in [-0.25, -0.2) is 0 Å². The minimum absolute atomic E-state index is 0.259. The minimum Gasteiger partial charge on any atom is -0.508 e. The molecule has 2 N–H and O–H groups in total. The number of rotatable bonds is 0. The summed E-state index contributed by atoms with van der Waals surface area (Å²) in [4.78, 5) is 0. The second-order valence-corrected chi connectivity index (χ2v) is 4.91. The third kappa shape index (κ3) is 1.19. The molecule has 0 saturated heterocycles. The van der Waals surface area contributed by atoms with Gasteiger partial charge >= 0.3 is 0 Å². The van der Waals surface area contributed by atoms with Crippen molar-refractivity contribution < 1.29 is 14.9 Å². The largest absolute Gasteiger partial charge is 0.508 e. The van der Waals surface area contributed by atoms with Gasteiger partial charge in [0.25, 0.3) is 0 Å². The molecular formula is C15H12O3. The predicted molar refractivity (Wildman–Crippen MR) is 66.9 cm³/mol. The van der Waals surface area contributed by atoms with Crippen LogP contribution in [0.2, 0.25) is 0 Å². The number of ether oxygens (including phenoxy) is 1. The van der Waals surface area contributed by atoms with Crippen LogP contribution in [0.3, 0.4) is 0 Å². The highest BCUT2D eigenvalue weighted by Crippen LogP contribution is 2.47. The molecule has 0 unspecified atom stereocenters. The Morgan fingerprint density at radius 3 is 2.17 bits per heavy atom. The van der Waals surface area contributed by atoms with Crippen molar-refractivity contribution in [3.8, 4) is 28.4 Å². The fraction of sp³-hybridized carbons (Fsp3) is 0.200. The van der Waals surface area contributed by atoms with Crippen LogP contribution >= 0.6 is 0 Å². The maximum absolute atomic E-state index is 9.72. The van der Waals surface area contributed by atoms with Crippen molar-refractivity contribution in [1.29, 1.82) is 0 Å². The number of aromatic hydroxyl groups is 2. The number of benzene rings is 2. The number of phenolic OH excluding ortho intramolecular Hbond substituents is 2. The van der Waals surface area contributed by atoms with E-state index in [1.54, 1.807) is 12.1 Å². The van der Waals surface area contributed by atoms with E-state index < -0.39 is 0 Å². The molecule has 90 valence electrons. The first kappa shape index (κ1) is 9.83. The van der Waals surface area contributed by atoms with Crippen LogP contribution in [-0.2, 0) is 19.4 Å². The molecule has 18 heavy (non-hydrogen) atoms. The molecule has 0 bridgehead atoms. The Bertz CT molecular complexity index is 564. The molecule has 1 heterocycles. The summed E-state index contributed by atoms with van der Waals surface area (Å²) in [5.41, 5.74) is 5.62. The van der Waals surface area contributed by atoms with E-state index in [9.17, 15) is 10.2 Å².